The maximum absolute atomic E-state index is 6.04. The molecule has 0 saturated heterocycles. The van der Waals surface area contributed by atoms with Gasteiger partial charge >= 0.3 is 0 Å². The Labute approximate surface area is 108 Å². The number of ether oxygens (including phenoxy) is 1. The van der Waals surface area contributed by atoms with E-state index in [4.69, 9.17) is 10.6 Å². The lowest BCUT2D eigenvalue weighted by Crippen LogP contribution is -2.30. The van der Waals surface area contributed by atoms with Crippen molar-refractivity contribution in [3.05, 3.63) is 11.9 Å². The fraction of sp³-hybridized carbons (Fsp3) is 0.692. The largest absolute Gasteiger partial charge is 0.474 e. The molecule has 0 spiro atoms. The van der Waals surface area contributed by atoms with Crippen LogP contribution >= 0.6 is 0 Å². The Morgan fingerprint density at radius 2 is 2.17 bits per heavy atom. The highest BCUT2D eigenvalue weighted by molar-refractivity contribution is 5.36. The standard InChI is InChI=1S/C13H22N4O/c1-3-10-6-4-5-7-11(10)18-13-8-12(17-14)15-9(2)16-13/h8,10-11H,3-7,14H2,1-2H3,(H,15,16,17). The van der Waals surface area contributed by atoms with Crippen molar-refractivity contribution in [2.24, 2.45) is 11.8 Å². The van der Waals surface area contributed by atoms with E-state index in [-0.39, 0.29) is 6.10 Å². The van der Waals surface area contributed by atoms with Gasteiger partial charge in [-0.05, 0) is 38.5 Å². The molecule has 1 aromatic rings. The van der Waals surface area contributed by atoms with Crippen LogP contribution in [0.15, 0.2) is 6.07 Å². The third-order valence-corrected chi connectivity index (χ3v) is 3.60. The molecule has 3 N–H and O–H groups in total. The quantitative estimate of drug-likeness (QED) is 0.634. The van der Waals surface area contributed by atoms with E-state index in [2.05, 4.69) is 22.3 Å². The monoisotopic (exact) mass is 250 g/mol. The Bertz CT molecular complexity index is 397. The van der Waals surface area contributed by atoms with Crippen LogP contribution in [0, 0.1) is 12.8 Å². The van der Waals surface area contributed by atoms with Crippen molar-refractivity contribution in [1.29, 1.82) is 0 Å². The first-order valence-corrected chi connectivity index (χ1v) is 6.72. The molecule has 1 aliphatic carbocycles. The normalized spacial score (nSPS) is 23.7. The maximum Gasteiger partial charge on any atom is 0.219 e. The zero-order valence-corrected chi connectivity index (χ0v) is 11.1. The Morgan fingerprint density at radius 3 is 2.89 bits per heavy atom. The Kier molecular flexibility index (Phi) is 4.36. The molecule has 1 aliphatic rings. The van der Waals surface area contributed by atoms with E-state index < -0.39 is 0 Å². The zero-order valence-electron chi connectivity index (χ0n) is 11.1. The number of nitrogen functional groups attached to an aromatic ring is 1. The first-order valence-electron chi connectivity index (χ1n) is 6.72. The molecule has 0 radical (unpaired) electrons. The molecule has 0 aliphatic heterocycles. The van der Waals surface area contributed by atoms with E-state index in [0.29, 0.717) is 23.4 Å². The third-order valence-electron chi connectivity index (χ3n) is 3.60. The van der Waals surface area contributed by atoms with Gasteiger partial charge in [0.05, 0.1) is 0 Å². The van der Waals surface area contributed by atoms with Gasteiger partial charge in [-0.15, -0.1) is 0 Å². The van der Waals surface area contributed by atoms with E-state index in [1.165, 1.54) is 19.3 Å². The van der Waals surface area contributed by atoms with Crippen LogP contribution in [0.1, 0.15) is 44.9 Å². The lowest BCUT2D eigenvalue weighted by molar-refractivity contribution is 0.0856. The highest BCUT2D eigenvalue weighted by Crippen LogP contribution is 2.30. The molecule has 2 unspecified atom stereocenters. The number of hydrogen-bond donors (Lipinski definition) is 2. The molecule has 5 nitrogen and oxygen atoms in total. The van der Waals surface area contributed by atoms with Gasteiger partial charge in [0.25, 0.3) is 0 Å². The van der Waals surface area contributed by atoms with Gasteiger partial charge < -0.3 is 10.2 Å². The average molecular weight is 250 g/mol. The van der Waals surface area contributed by atoms with Crippen molar-refractivity contribution in [2.45, 2.75) is 52.1 Å². The van der Waals surface area contributed by atoms with Gasteiger partial charge in [-0.1, -0.05) is 13.3 Å². The number of nitrogens with two attached hydrogens (primary N) is 1. The number of anilines is 1. The lowest BCUT2D eigenvalue weighted by Gasteiger charge is -2.30. The molecule has 2 atom stereocenters. The van der Waals surface area contributed by atoms with Gasteiger partial charge in [-0.2, -0.15) is 4.98 Å². The second-order valence-electron chi connectivity index (χ2n) is 4.89. The number of nitrogens with one attached hydrogen (secondary N) is 1. The first-order chi connectivity index (χ1) is 8.72. The van der Waals surface area contributed by atoms with Gasteiger partial charge in [0.2, 0.25) is 5.88 Å². The Balaban J connectivity index is 2.09. The second kappa shape index (κ2) is 6.00. The van der Waals surface area contributed by atoms with Gasteiger partial charge in [0.15, 0.2) is 0 Å². The van der Waals surface area contributed by atoms with Crippen LogP contribution < -0.4 is 16.0 Å². The first kappa shape index (κ1) is 13.1. The van der Waals surface area contributed by atoms with Crippen molar-refractivity contribution >= 4 is 5.82 Å². The predicted octanol–water partition coefficient (Wildman–Crippen LogP) is 2.42. The molecular weight excluding hydrogens is 228 g/mol. The third kappa shape index (κ3) is 3.10. The van der Waals surface area contributed by atoms with Crippen molar-refractivity contribution < 1.29 is 4.74 Å². The minimum Gasteiger partial charge on any atom is -0.474 e. The smallest absolute Gasteiger partial charge is 0.219 e. The van der Waals surface area contributed by atoms with E-state index in [1.54, 1.807) is 6.07 Å². The fourth-order valence-electron chi connectivity index (χ4n) is 2.63. The molecular formula is C13H22N4O. The van der Waals surface area contributed by atoms with Crippen LogP contribution in [0.2, 0.25) is 0 Å². The summed E-state index contributed by atoms with van der Waals surface area (Å²) < 4.78 is 6.04. The van der Waals surface area contributed by atoms with E-state index in [1.807, 2.05) is 6.92 Å². The Hall–Kier alpha value is -1.36. The molecule has 5 heteroatoms. The number of rotatable bonds is 4. The van der Waals surface area contributed by atoms with Crippen LogP contribution in [0.3, 0.4) is 0 Å². The van der Waals surface area contributed by atoms with Crippen LogP contribution in [-0.4, -0.2) is 16.1 Å². The Morgan fingerprint density at radius 1 is 1.39 bits per heavy atom. The van der Waals surface area contributed by atoms with Crippen LogP contribution in [-0.2, 0) is 0 Å². The number of aryl methyl sites for hydroxylation is 1. The van der Waals surface area contributed by atoms with E-state index in [9.17, 15) is 0 Å². The van der Waals surface area contributed by atoms with Gasteiger partial charge in [-0.3, -0.25) is 0 Å². The predicted molar refractivity (Wildman–Crippen MR) is 71.2 cm³/mol. The van der Waals surface area contributed by atoms with Crippen molar-refractivity contribution in [1.82, 2.24) is 9.97 Å². The molecule has 1 aromatic heterocycles. The molecule has 0 amide bonds. The van der Waals surface area contributed by atoms with Gasteiger partial charge in [0.1, 0.15) is 17.7 Å². The van der Waals surface area contributed by atoms with Crippen LogP contribution in [0.4, 0.5) is 5.82 Å². The summed E-state index contributed by atoms with van der Waals surface area (Å²) in [5, 5.41) is 0. The SMILES string of the molecule is CCC1CCCCC1Oc1cc(NN)nc(C)n1. The molecule has 100 valence electrons. The summed E-state index contributed by atoms with van der Waals surface area (Å²) in [6, 6.07) is 1.76. The van der Waals surface area contributed by atoms with Crippen molar-refractivity contribution in [2.75, 3.05) is 5.43 Å². The summed E-state index contributed by atoms with van der Waals surface area (Å²) >= 11 is 0. The molecule has 1 saturated carbocycles. The summed E-state index contributed by atoms with van der Waals surface area (Å²) in [7, 11) is 0. The zero-order chi connectivity index (χ0) is 13.0. The average Bonchev–Trinajstić information content (AvgIpc) is 2.38. The van der Waals surface area contributed by atoms with Gasteiger partial charge in [0, 0.05) is 6.07 Å². The maximum atomic E-state index is 6.04. The summed E-state index contributed by atoms with van der Waals surface area (Å²) in [4.78, 5) is 8.47. The fourth-order valence-corrected chi connectivity index (χ4v) is 2.63. The number of hydrazine groups is 1. The molecule has 1 heterocycles. The molecule has 1 fully saturated rings. The summed E-state index contributed by atoms with van der Waals surface area (Å²) in [6.07, 6.45) is 6.38. The van der Waals surface area contributed by atoms with E-state index in [0.717, 1.165) is 12.8 Å². The lowest BCUT2D eigenvalue weighted by atomic mass is 9.85. The molecule has 18 heavy (non-hydrogen) atoms. The van der Waals surface area contributed by atoms with Crippen molar-refractivity contribution in [3.63, 3.8) is 0 Å². The second-order valence-corrected chi connectivity index (χ2v) is 4.89. The van der Waals surface area contributed by atoms with Crippen molar-refractivity contribution in [3.8, 4) is 5.88 Å². The van der Waals surface area contributed by atoms with Crippen LogP contribution in [0.5, 0.6) is 5.88 Å². The van der Waals surface area contributed by atoms with Crippen LogP contribution in [0.25, 0.3) is 0 Å². The number of aromatic nitrogens is 2. The highest BCUT2D eigenvalue weighted by atomic mass is 16.5. The van der Waals surface area contributed by atoms with E-state index >= 15 is 0 Å². The minimum atomic E-state index is 0.281. The molecule has 0 aromatic carbocycles. The summed E-state index contributed by atoms with van der Waals surface area (Å²) in [5.74, 6) is 7.92. The highest BCUT2D eigenvalue weighted by Gasteiger charge is 2.25. The topological polar surface area (TPSA) is 73.1 Å². The summed E-state index contributed by atoms with van der Waals surface area (Å²) in [6.45, 7) is 4.07. The number of hydrogen-bond acceptors (Lipinski definition) is 5. The minimum absolute atomic E-state index is 0.281. The summed E-state index contributed by atoms with van der Waals surface area (Å²) in [5.41, 5.74) is 2.54. The molecule has 0 bridgehead atoms. The van der Waals surface area contributed by atoms with Gasteiger partial charge in [-0.25, -0.2) is 10.8 Å². The molecule has 2 rings (SSSR count). The number of nitrogens with zero attached hydrogens (tertiary/aromatic N) is 2.